The van der Waals surface area contributed by atoms with E-state index in [-0.39, 0.29) is 47.0 Å². The van der Waals surface area contributed by atoms with Crippen LogP contribution in [0.5, 0.6) is 11.5 Å². The van der Waals surface area contributed by atoms with Crippen LogP contribution in [-0.4, -0.2) is 51.0 Å². The van der Waals surface area contributed by atoms with Gasteiger partial charge in [-0.2, -0.15) is 9.41 Å². The maximum atomic E-state index is 13.3. The lowest BCUT2D eigenvalue weighted by atomic mass is 9.98. The fraction of sp³-hybridized carbons (Fsp3) is 0.300. The molecule has 1 saturated heterocycles. The standard InChI is InChI=1S/C30H31Cl2N3O6S/c1-18-13-19(2)28(20(3)14-18)42(38,39)35-11-9-22(10-12-35)29(36)34-33-17-21-5-8-26(27(15-21)40-4)41-30(37)24-7-6-23(31)16-25(24)32/h5-8,13-17,22H,9-12H2,1-4H3,(H,34,36)/b33-17+. The van der Waals surface area contributed by atoms with Crippen molar-refractivity contribution in [2.45, 2.75) is 38.5 Å². The van der Waals surface area contributed by atoms with Crippen molar-refractivity contribution in [3.8, 4) is 11.5 Å². The van der Waals surface area contributed by atoms with Crippen LogP contribution in [0.4, 0.5) is 0 Å². The lowest BCUT2D eigenvalue weighted by Crippen LogP contribution is -2.42. The largest absolute Gasteiger partial charge is 0.493 e. The van der Waals surface area contributed by atoms with E-state index in [0.29, 0.717) is 28.3 Å². The first-order chi connectivity index (χ1) is 19.9. The van der Waals surface area contributed by atoms with Gasteiger partial charge in [0.1, 0.15) is 0 Å². The number of ether oxygens (including phenoxy) is 2. The monoisotopic (exact) mass is 631 g/mol. The van der Waals surface area contributed by atoms with E-state index < -0.39 is 16.0 Å². The van der Waals surface area contributed by atoms with E-state index in [2.05, 4.69) is 10.5 Å². The molecule has 3 aromatic rings. The Morgan fingerprint density at radius 2 is 1.64 bits per heavy atom. The van der Waals surface area contributed by atoms with Crippen molar-refractivity contribution in [2.75, 3.05) is 20.2 Å². The summed E-state index contributed by atoms with van der Waals surface area (Å²) in [5.41, 5.74) is 5.72. The summed E-state index contributed by atoms with van der Waals surface area (Å²) < 4.78 is 38.9. The van der Waals surface area contributed by atoms with Crippen LogP contribution in [-0.2, 0) is 14.8 Å². The number of esters is 1. The summed E-state index contributed by atoms with van der Waals surface area (Å²) >= 11 is 12.0. The molecule has 1 aliphatic rings. The predicted octanol–water partition coefficient (Wildman–Crippen LogP) is 5.70. The molecule has 1 heterocycles. The molecule has 0 atom stereocenters. The average Bonchev–Trinajstić information content (AvgIpc) is 2.93. The highest BCUT2D eigenvalue weighted by atomic mass is 35.5. The van der Waals surface area contributed by atoms with Gasteiger partial charge in [-0.3, -0.25) is 4.79 Å². The topological polar surface area (TPSA) is 114 Å². The summed E-state index contributed by atoms with van der Waals surface area (Å²) in [6.45, 7) is 6.04. The predicted molar refractivity (Wildman–Crippen MR) is 162 cm³/mol. The lowest BCUT2D eigenvalue weighted by Gasteiger charge is -2.31. The number of nitrogens with one attached hydrogen (secondary N) is 1. The van der Waals surface area contributed by atoms with Crippen LogP contribution in [0.25, 0.3) is 0 Å². The molecule has 0 radical (unpaired) electrons. The molecule has 0 aliphatic carbocycles. The third-order valence-corrected chi connectivity index (χ3v) is 9.71. The number of amides is 1. The van der Waals surface area contributed by atoms with Gasteiger partial charge in [0.2, 0.25) is 15.9 Å². The van der Waals surface area contributed by atoms with E-state index in [4.69, 9.17) is 32.7 Å². The van der Waals surface area contributed by atoms with Gasteiger partial charge in [0.05, 0.1) is 28.8 Å². The van der Waals surface area contributed by atoms with Crippen LogP contribution in [0, 0.1) is 26.7 Å². The van der Waals surface area contributed by atoms with Crippen LogP contribution in [0.2, 0.25) is 10.0 Å². The quantitative estimate of drug-likeness (QED) is 0.148. The van der Waals surface area contributed by atoms with Crippen LogP contribution >= 0.6 is 23.2 Å². The first kappa shape index (κ1) is 31.5. The Hall–Kier alpha value is -3.44. The summed E-state index contributed by atoms with van der Waals surface area (Å²) in [4.78, 5) is 25.7. The van der Waals surface area contributed by atoms with E-state index >= 15 is 0 Å². The number of carbonyl (C=O) groups is 2. The molecular formula is C30H31Cl2N3O6S. The number of sulfonamides is 1. The lowest BCUT2D eigenvalue weighted by molar-refractivity contribution is -0.126. The molecule has 12 heteroatoms. The van der Waals surface area contributed by atoms with Crippen LogP contribution in [0.1, 0.15) is 45.5 Å². The molecule has 9 nitrogen and oxygen atoms in total. The molecule has 3 aromatic carbocycles. The minimum Gasteiger partial charge on any atom is -0.493 e. The molecule has 1 aliphatic heterocycles. The number of methoxy groups -OCH3 is 1. The van der Waals surface area contributed by atoms with Crippen LogP contribution in [0.15, 0.2) is 58.5 Å². The fourth-order valence-electron chi connectivity index (χ4n) is 4.98. The smallest absolute Gasteiger partial charge is 0.345 e. The van der Waals surface area contributed by atoms with Gasteiger partial charge in [-0.05, 0) is 86.7 Å². The number of piperidine rings is 1. The zero-order valence-electron chi connectivity index (χ0n) is 23.6. The van der Waals surface area contributed by atoms with Crippen molar-refractivity contribution in [1.29, 1.82) is 0 Å². The van der Waals surface area contributed by atoms with Crippen LogP contribution < -0.4 is 14.9 Å². The molecule has 0 aromatic heterocycles. The normalized spacial score (nSPS) is 14.6. The van der Waals surface area contributed by atoms with Crippen molar-refractivity contribution in [3.05, 3.63) is 86.4 Å². The summed E-state index contributed by atoms with van der Waals surface area (Å²) in [6.07, 6.45) is 2.21. The summed E-state index contributed by atoms with van der Waals surface area (Å²) in [6, 6.07) is 13.0. The van der Waals surface area contributed by atoms with Gasteiger partial charge in [-0.1, -0.05) is 40.9 Å². The molecule has 0 unspecified atom stereocenters. The van der Waals surface area contributed by atoms with Crippen LogP contribution in [0.3, 0.4) is 0 Å². The Balaban J connectivity index is 1.34. The average molecular weight is 633 g/mol. The van der Waals surface area contributed by atoms with Crippen molar-refractivity contribution >= 4 is 51.3 Å². The second kappa shape index (κ2) is 13.2. The second-order valence-electron chi connectivity index (χ2n) is 10.1. The third-order valence-electron chi connectivity index (χ3n) is 6.96. The van der Waals surface area contributed by atoms with E-state index in [1.807, 2.05) is 19.1 Å². The zero-order valence-corrected chi connectivity index (χ0v) is 25.9. The van der Waals surface area contributed by atoms with Gasteiger partial charge in [0.25, 0.3) is 0 Å². The maximum Gasteiger partial charge on any atom is 0.345 e. The Morgan fingerprint density at radius 1 is 0.976 bits per heavy atom. The van der Waals surface area contributed by atoms with Crippen molar-refractivity contribution in [1.82, 2.24) is 9.73 Å². The molecule has 1 amide bonds. The number of hydrogen-bond acceptors (Lipinski definition) is 7. The van der Waals surface area contributed by atoms with Gasteiger partial charge in [-0.15, -0.1) is 0 Å². The van der Waals surface area contributed by atoms with Crippen molar-refractivity contribution < 1.29 is 27.5 Å². The highest BCUT2D eigenvalue weighted by molar-refractivity contribution is 7.89. The summed E-state index contributed by atoms with van der Waals surface area (Å²) in [7, 11) is -2.23. The SMILES string of the molecule is COc1cc(/C=N/NC(=O)C2CCN(S(=O)(=O)c3c(C)cc(C)cc3C)CC2)ccc1OC(=O)c1ccc(Cl)cc1Cl. The Morgan fingerprint density at radius 3 is 2.26 bits per heavy atom. The van der Waals surface area contributed by atoms with Gasteiger partial charge in [0, 0.05) is 24.0 Å². The van der Waals surface area contributed by atoms with Gasteiger partial charge >= 0.3 is 5.97 Å². The number of carbonyl (C=O) groups excluding carboxylic acids is 2. The van der Waals surface area contributed by atoms with Gasteiger partial charge in [-0.25, -0.2) is 18.6 Å². The van der Waals surface area contributed by atoms with E-state index in [0.717, 1.165) is 16.7 Å². The molecule has 0 bridgehead atoms. The van der Waals surface area contributed by atoms with Crippen molar-refractivity contribution in [3.63, 3.8) is 0 Å². The molecule has 1 fully saturated rings. The van der Waals surface area contributed by atoms with Crippen molar-refractivity contribution in [2.24, 2.45) is 11.0 Å². The van der Waals surface area contributed by atoms with E-state index in [9.17, 15) is 18.0 Å². The molecule has 0 saturated carbocycles. The number of hydrazone groups is 1. The first-order valence-corrected chi connectivity index (χ1v) is 15.4. The summed E-state index contributed by atoms with van der Waals surface area (Å²) in [5, 5.41) is 4.60. The number of hydrogen-bond donors (Lipinski definition) is 1. The highest BCUT2D eigenvalue weighted by Gasteiger charge is 2.33. The van der Waals surface area contributed by atoms with Gasteiger partial charge < -0.3 is 9.47 Å². The maximum absolute atomic E-state index is 13.3. The number of nitrogens with zero attached hydrogens (tertiary/aromatic N) is 2. The molecule has 222 valence electrons. The zero-order chi connectivity index (χ0) is 30.6. The Labute approximate surface area is 255 Å². The fourth-order valence-corrected chi connectivity index (χ4v) is 7.35. The number of rotatable bonds is 8. The number of halogens is 2. The minimum absolute atomic E-state index is 0.153. The number of aryl methyl sites for hydroxylation is 3. The molecule has 42 heavy (non-hydrogen) atoms. The van der Waals surface area contributed by atoms with Gasteiger partial charge in [0.15, 0.2) is 11.5 Å². The molecular weight excluding hydrogens is 601 g/mol. The summed E-state index contributed by atoms with van der Waals surface area (Å²) in [5.74, 6) is -0.886. The van der Waals surface area contributed by atoms with E-state index in [1.54, 1.807) is 26.0 Å². The highest BCUT2D eigenvalue weighted by Crippen LogP contribution is 2.31. The first-order valence-electron chi connectivity index (χ1n) is 13.2. The van der Waals surface area contributed by atoms with E-state index in [1.165, 1.54) is 41.9 Å². The Kier molecular flexibility index (Phi) is 9.93. The molecule has 1 N–H and O–H groups in total. The minimum atomic E-state index is -3.66. The second-order valence-corrected chi connectivity index (χ2v) is 12.8. The molecule has 0 spiro atoms. The number of benzene rings is 3. The Bertz CT molecular complexity index is 1630. The molecule has 4 rings (SSSR count). The third kappa shape index (κ3) is 7.12.